The summed E-state index contributed by atoms with van der Waals surface area (Å²) >= 11 is 5.03. The first kappa shape index (κ1) is 15.6. The van der Waals surface area contributed by atoms with Crippen LogP contribution in [0.2, 0.25) is 0 Å². The molecule has 9 heteroatoms. The number of aromatic nitrogens is 2. The lowest BCUT2D eigenvalue weighted by Crippen LogP contribution is -2.24. The molecule has 0 amide bonds. The molecule has 8 nitrogen and oxygen atoms in total. The topological polar surface area (TPSA) is 122 Å². The van der Waals surface area contributed by atoms with Crippen molar-refractivity contribution in [1.29, 1.82) is 0 Å². The number of nitrogens with zero attached hydrogens (tertiary/aromatic N) is 3. The molecule has 0 fully saturated rings. The number of nitrogens with one attached hydrogen (secondary N) is 2. The van der Waals surface area contributed by atoms with Gasteiger partial charge in [-0.1, -0.05) is 30.4 Å². The number of hydrogen-bond acceptors (Lipinski definition) is 6. The minimum absolute atomic E-state index is 0.0455. The quantitative estimate of drug-likeness (QED) is 0.284. The van der Waals surface area contributed by atoms with Crippen LogP contribution in [-0.2, 0) is 0 Å². The van der Waals surface area contributed by atoms with Crippen molar-refractivity contribution in [2.24, 2.45) is 10.8 Å². The van der Waals surface area contributed by atoms with Gasteiger partial charge in [-0.3, -0.25) is 15.5 Å². The highest BCUT2D eigenvalue weighted by molar-refractivity contribution is 7.82. The Kier molecular flexibility index (Phi) is 4.17. The summed E-state index contributed by atoms with van der Waals surface area (Å²) in [4.78, 5) is 17.8. The van der Waals surface area contributed by atoms with Crippen molar-refractivity contribution in [3.05, 3.63) is 64.5 Å². The predicted octanol–water partition coefficient (Wildman–Crippen LogP) is 2.57. The summed E-state index contributed by atoms with van der Waals surface area (Å²) < 4.78 is 0. The van der Waals surface area contributed by atoms with Crippen molar-refractivity contribution in [3.8, 4) is 0 Å². The second kappa shape index (κ2) is 6.42. The Morgan fingerprint density at radius 3 is 2.79 bits per heavy atom. The van der Waals surface area contributed by atoms with Crippen LogP contribution < -0.4 is 11.2 Å². The minimum Gasteiger partial charge on any atom is -0.388 e. The Balaban J connectivity index is 1.93. The van der Waals surface area contributed by atoms with Crippen molar-refractivity contribution in [3.63, 3.8) is 0 Å². The van der Waals surface area contributed by atoms with Crippen LogP contribution in [0.15, 0.2) is 53.6 Å². The van der Waals surface area contributed by atoms with Crippen LogP contribution in [0.1, 0.15) is 5.82 Å². The summed E-state index contributed by atoms with van der Waals surface area (Å²) in [6, 6.07) is 13.4. The summed E-state index contributed by atoms with van der Waals surface area (Å²) in [6.45, 7) is 0. The SMILES string of the molecule is NC(=S)/C(=N\Nc1cccc([N+](=O)[O-])c1)c1nc2ccccc2[nH]1. The molecule has 120 valence electrons. The third kappa shape index (κ3) is 3.20. The van der Waals surface area contributed by atoms with Gasteiger partial charge in [0, 0.05) is 12.1 Å². The lowest BCUT2D eigenvalue weighted by molar-refractivity contribution is -0.384. The monoisotopic (exact) mass is 340 g/mol. The molecule has 0 radical (unpaired) electrons. The van der Waals surface area contributed by atoms with Gasteiger partial charge in [0.1, 0.15) is 4.99 Å². The second-order valence-electron chi connectivity index (χ2n) is 4.85. The molecule has 0 saturated heterocycles. The summed E-state index contributed by atoms with van der Waals surface area (Å²) in [5.41, 5.74) is 10.7. The Hall–Kier alpha value is -3.33. The van der Waals surface area contributed by atoms with Crippen molar-refractivity contribution >= 4 is 45.3 Å². The van der Waals surface area contributed by atoms with Crippen molar-refractivity contribution < 1.29 is 4.92 Å². The molecule has 24 heavy (non-hydrogen) atoms. The third-order valence-electron chi connectivity index (χ3n) is 3.20. The first-order valence-electron chi connectivity index (χ1n) is 6.87. The molecule has 2 aromatic carbocycles. The van der Waals surface area contributed by atoms with Crippen molar-refractivity contribution in [2.45, 2.75) is 0 Å². The van der Waals surface area contributed by atoms with Crippen LogP contribution in [0, 0.1) is 10.1 Å². The van der Waals surface area contributed by atoms with E-state index < -0.39 is 4.92 Å². The molecule has 0 unspecified atom stereocenters. The van der Waals surface area contributed by atoms with E-state index in [1.807, 2.05) is 24.3 Å². The maximum atomic E-state index is 10.8. The fourth-order valence-electron chi connectivity index (χ4n) is 2.10. The van der Waals surface area contributed by atoms with Gasteiger partial charge in [-0.25, -0.2) is 4.98 Å². The number of non-ortho nitro benzene ring substituents is 1. The van der Waals surface area contributed by atoms with Crippen LogP contribution in [0.25, 0.3) is 11.0 Å². The summed E-state index contributed by atoms with van der Waals surface area (Å²) in [5.74, 6) is 0.418. The highest BCUT2D eigenvalue weighted by Gasteiger charge is 2.13. The fraction of sp³-hybridized carbons (Fsp3) is 0. The molecule has 0 bridgehead atoms. The number of nitro groups is 1. The Labute approximate surface area is 141 Å². The molecule has 0 saturated carbocycles. The Morgan fingerprint density at radius 2 is 2.08 bits per heavy atom. The Morgan fingerprint density at radius 1 is 1.29 bits per heavy atom. The standard InChI is InChI=1S/C15H12N6O2S/c16-14(24)13(15-17-11-6-1-2-7-12(11)18-15)20-19-9-4-3-5-10(8-9)21(22)23/h1-8,19H,(H2,16,24)(H,17,18)/b20-13+. The molecule has 4 N–H and O–H groups in total. The van der Waals surface area contributed by atoms with Crippen molar-refractivity contribution in [1.82, 2.24) is 9.97 Å². The number of fused-ring (bicyclic) bond motifs is 1. The number of aromatic amines is 1. The lowest BCUT2D eigenvalue weighted by atomic mass is 10.3. The van der Waals surface area contributed by atoms with Crippen LogP contribution in [0.5, 0.6) is 0 Å². The molecule has 3 rings (SSSR count). The van der Waals surface area contributed by atoms with E-state index in [4.69, 9.17) is 18.0 Å². The Bertz CT molecular complexity index is 932. The maximum Gasteiger partial charge on any atom is 0.271 e. The zero-order valence-electron chi connectivity index (χ0n) is 12.3. The van der Waals surface area contributed by atoms with E-state index in [0.717, 1.165) is 11.0 Å². The third-order valence-corrected chi connectivity index (χ3v) is 3.39. The minimum atomic E-state index is -0.484. The molecular formula is C15H12N6O2S. The lowest BCUT2D eigenvalue weighted by Gasteiger charge is -2.04. The number of imidazole rings is 1. The average molecular weight is 340 g/mol. The van der Waals surface area contributed by atoms with Gasteiger partial charge in [-0.2, -0.15) is 5.10 Å². The van der Waals surface area contributed by atoms with Crippen LogP contribution in [-0.4, -0.2) is 25.6 Å². The molecular weight excluding hydrogens is 328 g/mol. The molecule has 0 spiro atoms. The van der Waals surface area contributed by atoms with Crippen LogP contribution >= 0.6 is 12.2 Å². The molecule has 1 heterocycles. The number of nitro benzene ring substituents is 1. The molecule has 0 aliphatic rings. The van der Waals surface area contributed by atoms with E-state index in [2.05, 4.69) is 20.5 Å². The van der Waals surface area contributed by atoms with Gasteiger partial charge in [-0.05, 0) is 18.2 Å². The van der Waals surface area contributed by atoms with Gasteiger partial charge >= 0.3 is 0 Å². The number of thiocarbonyl (C=S) groups is 1. The van der Waals surface area contributed by atoms with Gasteiger partial charge in [-0.15, -0.1) is 0 Å². The van der Waals surface area contributed by atoms with Crippen LogP contribution in [0.3, 0.4) is 0 Å². The summed E-state index contributed by atoms with van der Waals surface area (Å²) in [5, 5.41) is 15.0. The van der Waals surface area contributed by atoms with E-state index in [-0.39, 0.29) is 16.4 Å². The first-order chi connectivity index (χ1) is 11.5. The van der Waals surface area contributed by atoms with Gasteiger partial charge in [0.05, 0.1) is 21.6 Å². The van der Waals surface area contributed by atoms with E-state index in [0.29, 0.717) is 11.5 Å². The summed E-state index contributed by atoms with van der Waals surface area (Å²) in [7, 11) is 0. The molecule has 3 aromatic rings. The molecule has 0 atom stereocenters. The zero-order valence-corrected chi connectivity index (χ0v) is 13.1. The van der Waals surface area contributed by atoms with Gasteiger partial charge in [0.2, 0.25) is 0 Å². The number of benzene rings is 2. The average Bonchev–Trinajstić information content (AvgIpc) is 2.98. The number of nitrogens with two attached hydrogens (primary N) is 1. The van der Waals surface area contributed by atoms with E-state index >= 15 is 0 Å². The maximum absolute atomic E-state index is 10.8. The van der Waals surface area contributed by atoms with Gasteiger partial charge < -0.3 is 10.7 Å². The predicted molar refractivity (Wildman–Crippen MR) is 96.1 cm³/mol. The number of para-hydroxylation sites is 2. The number of hydrazone groups is 1. The van der Waals surface area contributed by atoms with Gasteiger partial charge in [0.25, 0.3) is 5.69 Å². The summed E-state index contributed by atoms with van der Waals surface area (Å²) in [6.07, 6.45) is 0. The highest BCUT2D eigenvalue weighted by atomic mass is 32.1. The first-order valence-corrected chi connectivity index (χ1v) is 7.28. The largest absolute Gasteiger partial charge is 0.388 e. The van der Waals surface area contributed by atoms with Gasteiger partial charge in [0.15, 0.2) is 11.5 Å². The van der Waals surface area contributed by atoms with E-state index in [1.54, 1.807) is 12.1 Å². The van der Waals surface area contributed by atoms with Crippen molar-refractivity contribution in [2.75, 3.05) is 5.43 Å². The van der Waals surface area contributed by atoms with E-state index in [1.165, 1.54) is 12.1 Å². The molecule has 1 aromatic heterocycles. The number of hydrogen-bond donors (Lipinski definition) is 3. The number of rotatable bonds is 5. The normalized spacial score (nSPS) is 11.4. The molecule has 0 aliphatic heterocycles. The smallest absolute Gasteiger partial charge is 0.271 e. The number of H-pyrrole nitrogens is 1. The molecule has 0 aliphatic carbocycles. The highest BCUT2D eigenvalue weighted by Crippen LogP contribution is 2.17. The zero-order chi connectivity index (χ0) is 17.1. The fourth-order valence-corrected chi connectivity index (χ4v) is 2.24. The van der Waals surface area contributed by atoms with Crippen LogP contribution in [0.4, 0.5) is 11.4 Å². The second-order valence-corrected chi connectivity index (χ2v) is 5.29. The number of anilines is 1. The van der Waals surface area contributed by atoms with E-state index in [9.17, 15) is 10.1 Å².